The monoisotopic (exact) mass is 341 g/mol. The van der Waals surface area contributed by atoms with Gasteiger partial charge in [0.25, 0.3) is 0 Å². The molecule has 4 N–H and O–H groups in total. The molecule has 140 valence electrons. The molecule has 0 aliphatic heterocycles. The van der Waals surface area contributed by atoms with Crippen molar-refractivity contribution in [2.24, 2.45) is 23.5 Å². The minimum absolute atomic E-state index is 0.224. The van der Waals surface area contributed by atoms with Gasteiger partial charge < -0.3 is 21.2 Å². The van der Waals surface area contributed by atoms with Crippen molar-refractivity contribution in [2.75, 3.05) is 0 Å². The molecule has 0 heterocycles. The molecule has 0 aromatic carbocycles. The van der Waals surface area contributed by atoms with E-state index in [1.54, 1.807) is 0 Å². The van der Waals surface area contributed by atoms with Crippen molar-refractivity contribution in [1.82, 2.24) is 10.6 Å². The molecule has 2 amide bonds. The van der Waals surface area contributed by atoms with Gasteiger partial charge in [0.2, 0.25) is 11.8 Å². The summed E-state index contributed by atoms with van der Waals surface area (Å²) in [6.07, 6.45) is 2.38. The largest absolute Gasteiger partial charge is 0.345 e. The zero-order chi connectivity index (χ0) is 18.9. The van der Waals surface area contributed by atoms with Crippen molar-refractivity contribution in [2.45, 2.75) is 78.9 Å². The third-order valence-electron chi connectivity index (χ3n) is 3.62. The fourth-order valence-electron chi connectivity index (χ4n) is 2.54. The zero-order valence-corrected chi connectivity index (χ0v) is 16.0. The molecule has 0 spiro atoms. The molecule has 24 heavy (non-hydrogen) atoms. The molecule has 0 saturated carbocycles. The minimum atomic E-state index is -0.676. The van der Waals surface area contributed by atoms with E-state index in [1.165, 1.54) is 0 Å². The molecule has 0 fully saturated rings. The molecule has 0 aliphatic carbocycles. The first-order valence-corrected chi connectivity index (χ1v) is 8.88. The van der Waals surface area contributed by atoms with Gasteiger partial charge >= 0.3 is 0 Å². The summed E-state index contributed by atoms with van der Waals surface area (Å²) < 4.78 is 0. The molecule has 0 saturated heterocycles. The topological polar surface area (TPSA) is 101 Å². The van der Waals surface area contributed by atoms with Crippen molar-refractivity contribution >= 4 is 18.1 Å². The second kappa shape index (κ2) is 11.2. The molecule has 0 aromatic heterocycles. The Morgan fingerprint density at radius 3 is 1.75 bits per heavy atom. The molecule has 0 aromatic rings. The first-order chi connectivity index (χ1) is 11.1. The number of carbonyl (C=O) groups is 3. The van der Waals surface area contributed by atoms with Gasteiger partial charge in [0.15, 0.2) is 0 Å². The molecule has 0 unspecified atom stereocenters. The van der Waals surface area contributed by atoms with Crippen LogP contribution in [-0.4, -0.2) is 36.2 Å². The van der Waals surface area contributed by atoms with E-state index < -0.39 is 18.1 Å². The fourth-order valence-corrected chi connectivity index (χ4v) is 2.54. The van der Waals surface area contributed by atoms with Crippen LogP contribution in [0.4, 0.5) is 0 Å². The Balaban J connectivity index is 4.88. The van der Waals surface area contributed by atoms with Crippen LogP contribution in [0, 0.1) is 17.8 Å². The van der Waals surface area contributed by atoms with Crippen LogP contribution in [-0.2, 0) is 14.4 Å². The van der Waals surface area contributed by atoms with Gasteiger partial charge in [0.05, 0.1) is 12.1 Å². The quantitative estimate of drug-likeness (QED) is 0.497. The summed E-state index contributed by atoms with van der Waals surface area (Å²) in [7, 11) is 0. The van der Waals surface area contributed by atoms with E-state index >= 15 is 0 Å². The van der Waals surface area contributed by atoms with E-state index in [0.717, 1.165) is 6.29 Å². The van der Waals surface area contributed by atoms with Crippen molar-refractivity contribution in [1.29, 1.82) is 0 Å². The summed E-state index contributed by atoms with van der Waals surface area (Å²) in [5, 5.41) is 5.47. The van der Waals surface area contributed by atoms with Crippen molar-refractivity contribution in [3.8, 4) is 0 Å². The maximum Gasteiger partial charge on any atom is 0.243 e. The van der Waals surface area contributed by atoms with Gasteiger partial charge in [-0.3, -0.25) is 9.59 Å². The maximum absolute atomic E-state index is 12.5. The smallest absolute Gasteiger partial charge is 0.243 e. The third kappa shape index (κ3) is 9.65. The Kier molecular flexibility index (Phi) is 10.5. The summed E-state index contributed by atoms with van der Waals surface area (Å²) in [5.41, 5.74) is 5.89. The lowest BCUT2D eigenvalue weighted by atomic mass is 9.99. The lowest BCUT2D eigenvalue weighted by Gasteiger charge is -2.24. The van der Waals surface area contributed by atoms with E-state index in [0.29, 0.717) is 25.2 Å². The van der Waals surface area contributed by atoms with Crippen LogP contribution >= 0.6 is 0 Å². The molecule has 0 bridgehead atoms. The lowest BCUT2D eigenvalue weighted by Crippen LogP contribution is -2.54. The van der Waals surface area contributed by atoms with Crippen LogP contribution in [0.1, 0.15) is 60.8 Å². The van der Waals surface area contributed by atoms with Crippen LogP contribution in [0.2, 0.25) is 0 Å². The molecule has 0 rings (SSSR count). The molecule has 0 radical (unpaired) electrons. The molecular weight excluding hydrogens is 306 g/mol. The number of carbonyl (C=O) groups excluding carboxylic acids is 3. The maximum atomic E-state index is 12.5. The van der Waals surface area contributed by atoms with Crippen molar-refractivity contribution < 1.29 is 14.4 Å². The van der Waals surface area contributed by atoms with Crippen LogP contribution in [0.15, 0.2) is 0 Å². The number of amides is 2. The van der Waals surface area contributed by atoms with Gasteiger partial charge in [-0.2, -0.15) is 0 Å². The second-order valence-electron chi connectivity index (χ2n) is 7.81. The Hall–Kier alpha value is -1.43. The first kappa shape index (κ1) is 22.6. The number of nitrogens with two attached hydrogens (primary N) is 1. The van der Waals surface area contributed by atoms with E-state index in [-0.39, 0.29) is 23.7 Å². The van der Waals surface area contributed by atoms with Crippen LogP contribution < -0.4 is 16.4 Å². The molecule has 3 atom stereocenters. The van der Waals surface area contributed by atoms with Gasteiger partial charge in [-0.25, -0.2) is 0 Å². The number of rotatable bonds is 11. The van der Waals surface area contributed by atoms with E-state index in [9.17, 15) is 14.4 Å². The van der Waals surface area contributed by atoms with Crippen LogP contribution in [0.3, 0.4) is 0 Å². The van der Waals surface area contributed by atoms with Gasteiger partial charge in [-0.1, -0.05) is 41.5 Å². The van der Waals surface area contributed by atoms with E-state index in [4.69, 9.17) is 5.73 Å². The third-order valence-corrected chi connectivity index (χ3v) is 3.62. The van der Waals surface area contributed by atoms with E-state index in [1.807, 2.05) is 41.5 Å². The summed E-state index contributed by atoms with van der Waals surface area (Å²) in [4.78, 5) is 35.9. The predicted molar refractivity (Wildman–Crippen MR) is 96.3 cm³/mol. The van der Waals surface area contributed by atoms with Gasteiger partial charge in [0, 0.05) is 0 Å². The summed E-state index contributed by atoms with van der Waals surface area (Å²) >= 11 is 0. The predicted octanol–water partition coefficient (Wildman–Crippen LogP) is 1.62. The summed E-state index contributed by atoms with van der Waals surface area (Å²) in [6, 6.07) is -1.84. The average molecular weight is 341 g/mol. The Bertz CT molecular complexity index is 408. The Morgan fingerprint density at radius 2 is 1.33 bits per heavy atom. The minimum Gasteiger partial charge on any atom is -0.345 e. The number of hydrogen-bond donors (Lipinski definition) is 3. The lowest BCUT2D eigenvalue weighted by molar-refractivity contribution is -0.131. The Morgan fingerprint density at radius 1 is 0.833 bits per heavy atom. The molecular formula is C18H35N3O3. The van der Waals surface area contributed by atoms with Crippen LogP contribution in [0.25, 0.3) is 0 Å². The van der Waals surface area contributed by atoms with E-state index in [2.05, 4.69) is 10.6 Å². The first-order valence-electron chi connectivity index (χ1n) is 8.88. The van der Waals surface area contributed by atoms with Gasteiger partial charge in [0.1, 0.15) is 12.3 Å². The average Bonchev–Trinajstić information content (AvgIpc) is 2.43. The highest BCUT2D eigenvalue weighted by Gasteiger charge is 2.26. The zero-order valence-electron chi connectivity index (χ0n) is 16.0. The highest BCUT2D eigenvalue weighted by Crippen LogP contribution is 2.09. The summed E-state index contributed by atoms with van der Waals surface area (Å²) in [5.74, 6) is 0.163. The highest BCUT2D eigenvalue weighted by molar-refractivity contribution is 5.90. The van der Waals surface area contributed by atoms with Gasteiger partial charge in [-0.05, 0) is 37.0 Å². The molecule has 6 heteroatoms. The number of hydrogen-bond acceptors (Lipinski definition) is 4. The van der Waals surface area contributed by atoms with Crippen molar-refractivity contribution in [3.63, 3.8) is 0 Å². The number of nitrogens with one attached hydrogen (secondary N) is 2. The van der Waals surface area contributed by atoms with Gasteiger partial charge in [-0.15, -0.1) is 0 Å². The normalized spacial score (nSPS) is 15.2. The highest BCUT2D eigenvalue weighted by atomic mass is 16.2. The molecule has 0 aliphatic rings. The Labute approximate surface area is 146 Å². The standard InChI is InChI=1S/C18H35N3O3/c1-11(2)7-14(10-22)20-18(24)16(9-13(5)6)21-17(23)15(19)8-12(3)4/h10-16H,7-9,19H2,1-6H3,(H,20,24)(H,21,23)/t14-,15-,16-/m0/s1. The summed E-state index contributed by atoms with van der Waals surface area (Å²) in [6.45, 7) is 11.9. The van der Waals surface area contributed by atoms with Crippen molar-refractivity contribution in [3.05, 3.63) is 0 Å². The van der Waals surface area contributed by atoms with Crippen LogP contribution in [0.5, 0.6) is 0 Å². The second-order valence-corrected chi connectivity index (χ2v) is 7.81. The SMILES string of the molecule is CC(C)C[C@@H](C=O)NC(=O)[C@H](CC(C)C)NC(=O)[C@@H](N)CC(C)C. The number of aldehydes is 1. The molecule has 6 nitrogen and oxygen atoms in total. The fraction of sp³-hybridized carbons (Fsp3) is 0.833.